The summed E-state index contributed by atoms with van der Waals surface area (Å²) in [4.78, 5) is 0. The monoisotopic (exact) mass is 326 g/mol. The largest absolute Gasteiger partial charge is 0.0806 e. The van der Waals surface area contributed by atoms with E-state index in [1.807, 2.05) is 0 Å². The van der Waals surface area contributed by atoms with Crippen molar-refractivity contribution in [1.29, 1.82) is 0 Å². The maximum absolute atomic E-state index is 2.49. The smallest absolute Gasteiger partial charge is 0.0279 e. The van der Waals surface area contributed by atoms with Crippen LogP contribution in [0.25, 0.3) is 0 Å². The third-order valence-corrected chi connectivity index (χ3v) is 6.38. The van der Waals surface area contributed by atoms with Gasteiger partial charge in [0.2, 0.25) is 0 Å². The molecule has 2 rings (SSSR count). The van der Waals surface area contributed by atoms with Crippen LogP contribution in [0.15, 0.2) is 60.7 Å². The maximum Gasteiger partial charge on any atom is 0.0279 e. The van der Waals surface area contributed by atoms with Crippen LogP contribution < -0.4 is 10.6 Å². The van der Waals surface area contributed by atoms with Crippen molar-refractivity contribution in [3.05, 3.63) is 60.7 Å². The van der Waals surface area contributed by atoms with Crippen LogP contribution in [-0.4, -0.2) is 4.17 Å². The Labute approximate surface area is 106 Å². The molecular weight excluding hydrogens is 314 g/mol. The molecule has 0 unspecified atom stereocenters. The highest BCUT2D eigenvalue weighted by molar-refractivity contribution is 14.1. The van der Waals surface area contributed by atoms with Gasteiger partial charge in [0.1, 0.15) is 0 Å². The Morgan fingerprint density at radius 1 is 0.733 bits per heavy atom. The Bertz CT molecular complexity index is 360. The first kappa shape index (κ1) is 11.1. The van der Waals surface area contributed by atoms with Gasteiger partial charge in [-0.1, -0.05) is 83.3 Å². The van der Waals surface area contributed by atoms with Gasteiger partial charge in [-0.15, -0.1) is 0 Å². The minimum Gasteiger partial charge on any atom is -0.0806 e. The first-order valence-corrected chi connectivity index (χ1v) is 7.90. The molecule has 0 nitrogen and oxygen atoms in total. The zero-order valence-corrected chi connectivity index (χ0v) is 11.4. The summed E-state index contributed by atoms with van der Waals surface area (Å²) in [5, 5.41) is 2.93. The van der Waals surface area contributed by atoms with E-state index in [-0.39, 0.29) is 7.92 Å². The fourth-order valence-corrected chi connectivity index (χ4v) is 5.50. The lowest BCUT2D eigenvalue weighted by molar-refractivity contribution is 1.75. The van der Waals surface area contributed by atoms with Crippen molar-refractivity contribution in [3.63, 3.8) is 0 Å². The van der Waals surface area contributed by atoms with Crippen molar-refractivity contribution in [2.75, 3.05) is 4.17 Å². The summed E-state index contributed by atoms with van der Waals surface area (Å²) in [6.45, 7) is 0. The van der Waals surface area contributed by atoms with E-state index < -0.39 is 0 Å². The molecule has 0 saturated carbocycles. The van der Waals surface area contributed by atoms with Crippen LogP contribution in [0.2, 0.25) is 0 Å². The first-order valence-electron chi connectivity index (χ1n) is 4.85. The van der Waals surface area contributed by atoms with E-state index in [2.05, 4.69) is 83.3 Å². The highest BCUT2D eigenvalue weighted by Gasteiger charge is 2.10. The molecule has 0 aliphatic rings. The summed E-state index contributed by atoms with van der Waals surface area (Å²) in [5.41, 5.74) is 0. The molecule has 0 aromatic heterocycles. The van der Waals surface area contributed by atoms with E-state index in [0.29, 0.717) is 0 Å². The minimum absolute atomic E-state index is 0.162. The van der Waals surface area contributed by atoms with Crippen molar-refractivity contribution in [1.82, 2.24) is 0 Å². The fraction of sp³-hybridized carbons (Fsp3) is 0.0769. The Morgan fingerprint density at radius 2 is 1.13 bits per heavy atom. The van der Waals surface area contributed by atoms with E-state index in [9.17, 15) is 0 Å². The summed E-state index contributed by atoms with van der Waals surface area (Å²) >= 11 is 2.49. The standard InChI is InChI=1S/C13H12IP/c14-11-15(12-7-3-1-4-8-12)13-9-5-2-6-10-13/h1-10H,11H2. The molecule has 76 valence electrons. The number of rotatable bonds is 3. The number of alkyl halides is 1. The number of halogens is 1. The van der Waals surface area contributed by atoms with Crippen LogP contribution in [0.5, 0.6) is 0 Å². The highest BCUT2D eigenvalue weighted by atomic mass is 127. The third kappa shape index (κ3) is 2.79. The lowest BCUT2D eigenvalue weighted by Crippen LogP contribution is -2.11. The maximum atomic E-state index is 2.49. The van der Waals surface area contributed by atoms with Crippen LogP contribution >= 0.6 is 30.5 Å². The van der Waals surface area contributed by atoms with Gasteiger partial charge in [-0.25, -0.2) is 0 Å². The van der Waals surface area contributed by atoms with Gasteiger partial charge in [-0.05, 0) is 18.5 Å². The summed E-state index contributed by atoms with van der Waals surface area (Å²) in [5.74, 6) is 0. The molecule has 2 aromatic rings. The molecule has 0 atom stereocenters. The van der Waals surface area contributed by atoms with E-state index in [0.717, 1.165) is 0 Å². The number of hydrogen-bond acceptors (Lipinski definition) is 0. The molecule has 0 heterocycles. The normalized spacial score (nSPS) is 10.5. The Hall–Kier alpha value is -0.400. The van der Waals surface area contributed by atoms with Crippen molar-refractivity contribution in [2.45, 2.75) is 0 Å². The highest BCUT2D eigenvalue weighted by Crippen LogP contribution is 2.35. The third-order valence-electron chi connectivity index (χ3n) is 2.26. The fourth-order valence-electron chi connectivity index (χ4n) is 1.50. The van der Waals surface area contributed by atoms with Gasteiger partial charge < -0.3 is 0 Å². The Morgan fingerprint density at radius 3 is 1.47 bits per heavy atom. The summed E-state index contributed by atoms with van der Waals surface area (Å²) < 4.78 is 1.18. The van der Waals surface area contributed by atoms with Crippen LogP contribution in [-0.2, 0) is 0 Å². The van der Waals surface area contributed by atoms with Crippen LogP contribution in [0.1, 0.15) is 0 Å². The van der Waals surface area contributed by atoms with Gasteiger partial charge >= 0.3 is 0 Å². The molecule has 15 heavy (non-hydrogen) atoms. The molecule has 0 N–H and O–H groups in total. The van der Waals surface area contributed by atoms with Gasteiger partial charge in [0.15, 0.2) is 0 Å². The van der Waals surface area contributed by atoms with Gasteiger partial charge in [-0.2, -0.15) is 0 Å². The Kier molecular flexibility index (Phi) is 4.16. The molecule has 0 aliphatic heterocycles. The first-order chi connectivity index (χ1) is 7.42. The molecule has 0 spiro atoms. The zero-order valence-electron chi connectivity index (χ0n) is 8.31. The van der Waals surface area contributed by atoms with Crippen molar-refractivity contribution in [3.8, 4) is 0 Å². The van der Waals surface area contributed by atoms with E-state index in [1.165, 1.54) is 14.8 Å². The van der Waals surface area contributed by atoms with Crippen molar-refractivity contribution >= 4 is 41.1 Å². The second-order valence-corrected chi connectivity index (χ2v) is 7.39. The van der Waals surface area contributed by atoms with Crippen LogP contribution in [0, 0.1) is 0 Å². The van der Waals surface area contributed by atoms with Crippen molar-refractivity contribution in [2.24, 2.45) is 0 Å². The molecule has 2 aromatic carbocycles. The molecule has 0 fully saturated rings. The lowest BCUT2D eigenvalue weighted by Gasteiger charge is -2.15. The van der Waals surface area contributed by atoms with Gasteiger partial charge in [0.25, 0.3) is 0 Å². The topological polar surface area (TPSA) is 0 Å². The molecule has 0 amide bonds. The zero-order chi connectivity index (χ0) is 10.5. The average Bonchev–Trinajstić information content (AvgIpc) is 2.33. The van der Waals surface area contributed by atoms with E-state index >= 15 is 0 Å². The number of benzene rings is 2. The predicted molar refractivity (Wildman–Crippen MR) is 78.0 cm³/mol. The lowest BCUT2D eigenvalue weighted by atomic mass is 10.4. The van der Waals surface area contributed by atoms with Gasteiger partial charge in [-0.3, -0.25) is 0 Å². The van der Waals surface area contributed by atoms with E-state index in [4.69, 9.17) is 0 Å². The second-order valence-electron chi connectivity index (χ2n) is 3.22. The van der Waals surface area contributed by atoms with Crippen molar-refractivity contribution < 1.29 is 0 Å². The molecule has 2 heteroatoms. The minimum atomic E-state index is -0.162. The average molecular weight is 326 g/mol. The number of hydrogen-bond donors (Lipinski definition) is 0. The summed E-state index contributed by atoms with van der Waals surface area (Å²) in [6.07, 6.45) is 0. The van der Waals surface area contributed by atoms with Gasteiger partial charge in [0, 0.05) is 4.17 Å². The van der Waals surface area contributed by atoms with Crippen LogP contribution in [0.4, 0.5) is 0 Å². The molecule has 0 radical (unpaired) electrons. The van der Waals surface area contributed by atoms with Gasteiger partial charge in [0.05, 0.1) is 0 Å². The van der Waals surface area contributed by atoms with E-state index in [1.54, 1.807) is 0 Å². The Balaban J connectivity index is 2.34. The van der Waals surface area contributed by atoms with Crippen LogP contribution in [0.3, 0.4) is 0 Å². The molecule has 0 saturated heterocycles. The predicted octanol–water partition coefficient (Wildman–Crippen LogP) is 3.51. The quantitative estimate of drug-likeness (QED) is 0.460. The second kappa shape index (κ2) is 5.62. The summed E-state index contributed by atoms with van der Waals surface area (Å²) in [6, 6.07) is 21.6. The molecular formula is C13H12IP. The SMILES string of the molecule is ICP(c1ccccc1)c1ccccc1. The summed E-state index contributed by atoms with van der Waals surface area (Å²) in [7, 11) is -0.162. The molecule has 0 bridgehead atoms. The molecule has 0 aliphatic carbocycles.